The Bertz CT molecular complexity index is 1180. The molecule has 0 aliphatic heterocycles. The molecule has 1 aromatic heterocycles. The van der Waals surface area contributed by atoms with Crippen LogP contribution in [0, 0.1) is 5.92 Å². The molecule has 2 N–H and O–H groups in total. The molecular formula is C24H28N4O4S. The summed E-state index contributed by atoms with van der Waals surface area (Å²) in [5.41, 5.74) is 1.56. The molecule has 0 aliphatic carbocycles. The van der Waals surface area contributed by atoms with Crippen molar-refractivity contribution in [3.8, 4) is 17.1 Å². The van der Waals surface area contributed by atoms with Gasteiger partial charge in [-0.1, -0.05) is 56.3 Å². The molecule has 3 aromatic rings. The van der Waals surface area contributed by atoms with Gasteiger partial charge in [-0.2, -0.15) is 4.98 Å². The van der Waals surface area contributed by atoms with Gasteiger partial charge in [0.25, 0.3) is 10.0 Å². The smallest absolute Gasteiger partial charge is 0.264 e. The van der Waals surface area contributed by atoms with Crippen molar-refractivity contribution in [2.24, 2.45) is 5.92 Å². The number of hydrogen-bond acceptors (Lipinski definition) is 7. The fourth-order valence-corrected chi connectivity index (χ4v) is 4.26. The molecule has 0 saturated carbocycles. The number of likely N-dealkylation sites (N-methyl/N-ethyl adjacent to an activating group) is 1. The molecule has 1 heterocycles. The highest BCUT2D eigenvalue weighted by Crippen LogP contribution is 2.24. The van der Waals surface area contributed by atoms with Gasteiger partial charge in [0, 0.05) is 23.2 Å². The summed E-state index contributed by atoms with van der Waals surface area (Å²) < 4.78 is 34.1. The van der Waals surface area contributed by atoms with E-state index in [-0.39, 0.29) is 28.3 Å². The largest absolute Gasteiger partial charge is 0.476 e. The van der Waals surface area contributed by atoms with Gasteiger partial charge in [0.05, 0.1) is 10.6 Å². The number of nitrogens with one attached hydrogen (secondary N) is 2. The number of anilines is 1. The summed E-state index contributed by atoms with van der Waals surface area (Å²) in [6.07, 6.45) is 1.51. The van der Waals surface area contributed by atoms with Gasteiger partial charge < -0.3 is 10.1 Å². The number of rotatable bonds is 11. The van der Waals surface area contributed by atoms with E-state index in [1.807, 2.05) is 37.4 Å². The van der Waals surface area contributed by atoms with Crippen molar-refractivity contribution in [1.29, 1.82) is 0 Å². The van der Waals surface area contributed by atoms with E-state index in [1.165, 1.54) is 24.3 Å². The molecule has 0 spiro atoms. The standard InChI is InChI=1S/C24H28N4O4S/c1-17(2)12-20(25-3)16-32-23-14-22(19-9-5-4-6-10-19)26-24(27-23)28-33(30,31)21-11-7-8-18(13-21)15-29/h4-11,13-15,17,20,25H,12,16H2,1-3H3,(H,26,27,28)/t20-/m1/s1. The van der Waals surface area contributed by atoms with Crippen LogP contribution in [0.5, 0.6) is 5.88 Å². The van der Waals surface area contributed by atoms with Crippen LogP contribution >= 0.6 is 0 Å². The average Bonchev–Trinajstić information content (AvgIpc) is 2.81. The van der Waals surface area contributed by atoms with Gasteiger partial charge in [-0.25, -0.2) is 18.1 Å². The van der Waals surface area contributed by atoms with Crippen LogP contribution in [0.3, 0.4) is 0 Å². The van der Waals surface area contributed by atoms with Gasteiger partial charge in [-0.3, -0.25) is 4.79 Å². The fraction of sp³-hybridized carbons (Fsp3) is 0.292. The van der Waals surface area contributed by atoms with Crippen molar-refractivity contribution >= 4 is 22.3 Å². The van der Waals surface area contributed by atoms with Crippen molar-refractivity contribution in [2.75, 3.05) is 18.4 Å². The molecule has 0 aliphatic rings. The lowest BCUT2D eigenvalue weighted by atomic mass is 10.0. The molecule has 8 nitrogen and oxygen atoms in total. The topological polar surface area (TPSA) is 110 Å². The summed E-state index contributed by atoms with van der Waals surface area (Å²) in [6.45, 7) is 4.64. The second kappa shape index (κ2) is 11.0. The van der Waals surface area contributed by atoms with E-state index in [9.17, 15) is 13.2 Å². The second-order valence-corrected chi connectivity index (χ2v) is 9.69. The SMILES string of the molecule is CN[C@@H](COc1cc(-c2ccccc2)nc(NS(=O)(=O)c2cccc(C=O)c2)n1)CC(C)C. The Morgan fingerprint density at radius 3 is 2.45 bits per heavy atom. The van der Waals surface area contributed by atoms with Gasteiger partial charge in [0.2, 0.25) is 11.8 Å². The number of aromatic nitrogens is 2. The van der Waals surface area contributed by atoms with Crippen LogP contribution in [0.2, 0.25) is 0 Å². The highest BCUT2D eigenvalue weighted by Gasteiger charge is 2.19. The average molecular weight is 469 g/mol. The molecule has 0 unspecified atom stereocenters. The molecule has 33 heavy (non-hydrogen) atoms. The van der Waals surface area contributed by atoms with Crippen molar-refractivity contribution in [2.45, 2.75) is 31.2 Å². The Labute approximate surface area is 194 Å². The lowest BCUT2D eigenvalue weighted by Crippen LogP contribution is -2.33. The Morgan fingerprint density at radius 1 is 1.03 bits per heavy atom. The molecule has 2 aromatic carbocycles. The maximum atomic E-state index is 12.9. The molecule has 0 bridgehead atoms. The van der Waals surface area contributed by atoms with Gasteiger partial charge in [0.1, 0.15) is 12.9 Å². The van der Waals surface area contributed by atoms with Gasteiger partial charge in [0.15, 0.2) is 0 Å². The lowest BCUT2D eigenvalue weighted by Gasteiger charge is -2.19. The number of sulfonamides is 1. The van der Waals surface area contributed by atoms with Crippen LogP contribution in [0.4, 0.5) is 5.95 Å². The van der Waals surface area contributed by atoms with Crippen LogP contribution < -0.4 is 14.8 Å². The first-order valence-electron chi connectivity index (χ1n) is 10.6. The molecule has 0 radical (unpaired) electrons. The van der Waals surface area contributed by atoms with Crippen LogP contribution in [0.1, 0.15) is 30.6 Å². The molecule has 3 rings (SSSR count). The first-order chi connectivity index (χ1) is 15.8. The number of carbonyl (C=O) groups excluding carboxylic acids is 1. The van der Waals surface area contributed by atoms with Crippen molar-refractivity contribution in [1.82, 2.24) is 15.3 Å². The third-order valence-corrected chi connectivity index (χ3v) is 6.22. The first-order valence-corrected chi connectivity index (χ1v) is 12.1. The predicted molar refractivity (Wildman–Crippen MR) is 128 cm³/mol. The van der Waals surface area contributed by atoms with Crippen molar-refractivity contribution in [3.05, 3.63) is 66.2 Å². The minimum Gasteiger partial charge on any atom is -0.476 e. The van der Waals surface area contributed by atoms with E-state index in [1.54, 1.807) is 6.07 Å². The maximum absolute atomic E-state index is 12.9. The summed E-state index contributed by atoms with van der Waals surface area (Å²) >= 11 is 0. The Balaban J connectivity index is 1.93. The van der Waals surface area contributed by atoms with Crippen molar-refractivity contribution < 1.29 is 17.9 Å². The molecular weight excluding hydrogens is 440 g/mol. The summed E-state index contributed by atoms with van der Waals surface area (Å²) in [7, 11) is -2.14. The minimum absolute atomic E-state index is 0.0598. The van der Waals surface area contributed by atoms with E-state index in [4.69, 9.17) is 4.74 Å². The summed E-state index contributed by atoms with van der Waals surface area (Å²) in [5, 5.41) is 3.23. The molecule has 9 heteroatoms. The minimum atomic E-state index is -4.02. The second-order valence-electron chi connectivity index (χ2n) is 8.00. The lowest BCUT2D eigenvalue weighted by molar-refractivity contribution is 0.112. The monoisotopic (exact) mass is 468 g/mol. The van der Waals surface area contributed by atoms with E-state index < -0.39 is 10.0 Å². The third-order valence-electron chi connectivity index (χ3n) is 4.90. The maximum Gasteiger partial charge on any atom is 0.264 e. The van der Waals surface area contributed by atoms with Crippen LogP contribution in [-0.4, -0.2) is 44.4 Å². The fourth-order valence-electron chi connectivity index (χ4n) is 3.26. The zero-order valence-corrected chi connectivity index (χ0v) is 19.7. The van der Waals surface area contributed by atoms with Gasteiger partial charge >= 0.3 is 0 Å². The first kappa shape index (κ1) is 24.3. The molecule has 174 valence electrons. The van der Waals surface area contributed by atoms with E-state index in [0.29, 0.717) is 24.5 Å². The zero-order valence-electron chi connectivity index (χ0n) is 18.9. The van der Waals surface area contributed by atoms with Crippen molar-refractivity contribution in [3.63, 3.8) is 0 Å². The highest BCUT2D eigenvalue weighted by molar-refractivity contribution is 7.92. The van der Waals surface area contributed by atoms with Gasteiger partial charge in [-0.05, 0) is 31.5 Å². The van der Waals surface area contributed by atoms with Crippen LogP contribution in [0.25, 0.3) is 11.3 Å². The predicted octanol–water partition coefficient (Wildman–Crippen LogP) is 3.77. The summed E-state index contributed by atoms with van der Waals surface area (Å²) in [5.74, 6) is 0.626. The number of ether oxygens (including phenoxy) is 1. The zero-order chi connectivity index (χ0) is 23.8. The number of benzene rings is 2. The molecule has 0 fully saturated rings. The summed E-state index contributed by atoms with van der Waals surface area (Å²) in [6, 6.07) is 16.9. The Kier molecular flexibility index (Phi) is 8.13. The summed E-state index contributed by atoms with van der Waals surface area (Å²) in [4.78, 5) is 19.7. The van der Waals surface area contributed by atoms with E-state index in [2.05, 4.69) is 33.9 Å². The van der Waals surface area contributed by atoms with E-state index in [0.717, 1.165) is 12.0 Å². The van der Waals surface area contributed by atoms with Crippen LogP contribution in [-0.2, 0) is 10.0 Å². The van der Waals surface area contributed by atoms with Crippen LogP contribution in [0.15, 0.2) is 65.6 Å². The number of hydrogen-bond donors (Lipinski definition) is 2. The highest BCUT2D eigenvalue weighted by atomic mass is 32.2. The van der Waals surface area contributed by atoms with E-state index >= 15 is 0 Å². The normalized spacial score (nSPS) is 12.4. The Morgan fingerprint density at radius 2 is 1.79 bits per heavy atom. The molecule has 0 amide bonds. The quantitative estimate of drug-likeness (QED) is 0.412. The molecule has 0 saturated heterocycles. The number of nitrogens with zero attached hydrogens (tertiary/aromatic N) is 2. The molecule has 1 atom stereocenters. The number of carbonyl (C=O) groups is 1. The number of aldehydes is 1. The third kappa shape index (κ3) is 6.84. The van der Waals surface area contributed by atoms with Gasteiger partial charge in [-0.15, -0.1) is 0 Å². The Hall–Kier alpha value is -3.30.